The van der Waals surface area contributed by atoms with E-state index in [-0.39, 0.29) is 12.7 Å². The van der Waals surface area contributed by atoms with Crippen LogP contribution in [0.5, 0.6) is 0 Å². The summed E-state index contributed by atoms with van der Waals surface area (Å²) in [5.74, 6) is -0.0606. The summed E-state index contributed by atoms with van der Waals surface area (Å²) in [5, 5.41) is 14.7. The van der Waals surface area contributed by atoms with Crippen LogP contribution in [0.3, 0.4) is 0 Å². The number of ether oxygens (including phenoxy) is 3. The molecule has 8 heteroatoms. The maximum absolute atomic E-state index is 9.81. The Morgan fingerprint density at radius 1 is 1.00 bits per heavy atom. The lowest BCUT2D eigenvalue weighted by Crippen LogP contribution is -2.31. The van der Waals surface area contributed by atoms with E-state index in [0.29, 0.717) is 10.6 Å². The summed E-state index contributed by atoms with van der Waals surface area (Å²) in [6.07, 6.45) is -1.93. The van der Waals surface area contributed by atoms with Crippen LogP contribution in [0.1, 0.15) is 20.1 Å². The van der Waals surface area contributed by atoms with Crippen LogP contribution in [0, 0.1) is 4.77 Å². The molecule has 7 nitrogen and oxygen atoms in total. The number of benzene rings is 2. The average Bonchev–Trinajstić information content (AvgIpc) is 3.37. The van der Waals surface area contributed by atoms with Gasteiger partial charge in [0.25, 0.3) is 0 Å². The van der Waals surface area contributed by atoms with Crippen molar-refractivity contribution in [3.63, 3.8) is 0 Å². The maximum Gasteiger partial charge on any atom is 0.205 e. The van der Waals surface area contributed by atoms with E-state index in [4.69, 9.17) is 31.5 Å². The number of aliphatic hydroxyl groups is 1. The first kappa shape index (κ1) is 19.6. The van der Waals surface area contributed by atoms with Crippen molar-refractivity contribution < 1.29 is 19.3 Å². The molecular weight excluding hydrogens is 402 g/mol. The minimum absolute atomic E-state index is 0.171. The number of aliphatic hydroxyl groups excluding tert-OH is 1. The molecule has 1 aromatic heterocycles. The summed E-state index contributed by atoms with van der Waals surface area (Å²) >= 11 is 5.85. The molecule has 2 saturated heterocycles. The second-order valence-corrected chi connectivity index (χ2v) is 8.27. The lowest BCUT2D eigenvalue weighted by Gasteiger charge is -2.23. The predicted molar refractivity (Wildman–Crippen MR) is 113 cm³/mol. The Morgan fingerprint density at radius 3 is 2.30 bits per heavy atom. The van der Waals surface area contributed by atoms with Crippen molar-refractivity contribution in [3.8, 4) is 17.1 Å². The zero-order valence-electron chi connectivity index (χ0n) is 16.7. The number of nitrogens with zero attached hydrogens (tertiary/aromatic N) is 3. The third-order valence-corrected chi connectivity index (χ3v) is 5.76. The van der Waals surface area contributed by atoms with E-state index >= 15 is 0 Å². The second-order valence-electron chi connectivity index (χ2n) is 7.90. The molecule has 0 spiro atoms. The molecule has 4 atom stereocenters. The van der Waals surface area contributed by atoms with Crippen LogP contribution >= 0.6 is 12.2 Å². The van der Waals surface area contributed by atoms with Crippen molar-refractivity contribution in [2.75, 3.05) is 6.61 Å². The Hall–Kier alpha value is -2.36. The van der Waals surface area contributed by atoms with Crippen LogP contribution in [0.2, 0.25) is 0 Å². The van der Waals surface area contributed by atoms with Gasteiger partial charge in [0, 0.05) is 11.3 Å². The molecule has 1 N–H and O–H groups in total. The van der Waals surface area contributed by atoms with Crippen LogP contribution in [-0.4, -0.2) is 50.2 Å². The number of rotatable bonds is 4. The smallest absolute Gasteiger partial charge is 0.205 e. The van der Waals surface area contributed by atoms with Gasteiger partial charge in [-0.2, -0.15) is 0 Å². The van der Waals surface area contributed by atoms with Crippen LogP contribution in [0.15, 0.2) is 60.7 Å². The molecule has 0 aliphatic carbocycles. The summed E-state index contributed by atoms with van der Waals surface area (Å²) < 4.78 is 22.3. The van der Waals surface area contributed by atoms with Gasteiger partial charge in [-0.25, -0.2) is 4.68 Å². The first-order chi connectivity index (χ1) is 14.5. The van der Waals surface area contributed by atoms with Gasteiger partial charge in [-0.15, -0.1) is 5.10 Å². The molecule has 3 heterocycles. The second kappa shape index (κ2) is 7.40. The molecule has 2 aliphatic heterocycles. The van der Waals surface area contributed by atoms with E-state index in [0.717, 1.165) is 11.3 Å². The van der Waals surface area contributed by atoms with Gasteiger partial charge in [0.1, 0.15) is 18.3 Å². The third-order valence-electron chi connectivity index (χ3n) is 5.39. The molecule has 0 unspecified atom stereocenters. The zero-order valence-corrected chi connectivity index (χ0v) is 17.5. The summed E-state index contributed by atoms with van der Waals surface area (Å²) in [7, 11) is 0. The number of hydrogen-bond donors (Lipinski definition) is 1. The minimum atomic E-state index is -0.767. The summed E-state index contributed by atoms with van der Waals surface area (Å²) in [6.45, 7) is 3.54. The Labute approximate surface area is 179 Å². The molecule has 0 amide bonds. The highest BCUT2D eigenvalue weighted by molar-refractivity contribution is 7.71. The summed E-state index contributed by atoms with van der Waals surface area (Å²) in [4.78, 5) is 0. The van der Waals surface area contributed by atoms with Gasteiger partial charge in [0.2, 0.25) is 4.77 Å². The van der Waals surface area contributed by atoms with Gasteiger partial charge < -0.3 is 19.3 Å². The fraction of sp³-hybridized carbons (Fsp3) is 0.364. The van der Waals surface area contributed by atoms with E-state index in [9.17, 15) is 5.11 Å². The molecule has 2 fully saturated rings. The SMILES string of the molecule is CC1(C)O[C@@H]2[C@H](O1)[C@@H](CO)O[C@H]2n1nc(-c2ccccc2)n(-c2ccccc2)c1=S. The molecule has 0 saturated carbocycles. The highest BCUT2D eigenvalue weighted by Crippen LogP contribution is 2.43. The fourth-order valence-corrected chi connectivity index (χ4v) is 4.47. The number of para-hydroxylation sites is 1. The zero-order chi connectivity index (χ0) is 20.9. The van der Waals surface area contributed by atoms with Crippen LogP contribution in [-0.2, 0) is 14.2 Å². The fourth-order valence-electron chi connectivity index (χ4n) is 4.14. The van der Waals surface area contributed by atoms with E-state index in [1.807, 2.05) is 79.1 Å². The van der Waals surface area contributed by atoms with Crippen molar-refractivity contribution in [2.24, 2.45) is 0 Å². The molecule has 0 bridgehead atoms. The standard InChI is InChI=1S/C22H23N3O4S/c1-22(2)28-17-16(13-26)27-20(18(17)29-22)25-21(30)24(15-11-7-4-8-12-15)19(23-25)14-9-5-3-6-10-14/h3-12,16-18,20,26H,13H2,1-2H3/t16-,17-,18-,20-/m1/s1. The highest BCUT2D eigenvalue weighted by atomic mass is 32.1. The Morgan fingerprint density at radius 2 is 1.63 bits per heavy atom. The van der Waals surface area contributed by atoms with Crippen molar-refractivity contribution in [2.45, 2.75) is 44.2 Å². The molecule has 2 aromatic carbocycles. The first-order valence-electron chi connectivity index (χ1n) is 9.93. The predicted octanol–water partition coefficient (Wildman–Crippen LogP) is 3.48. The van der Waals surface area contributed by atoms with Crippen LogP contribution in [0.25, 0.3) is 17.1 Å². The number of aromatic nitrogens is 3. The minimum Gasteiger partial charge on any atom is -0.394 e. The highest BCUT2D eigenvalue weighted by Gasteiger charge is 2.56. The lowest BCUT2D eigenvalue weighted by molar-refractivity contribution is -0.201. The molecule has 2 aliphatic rings. The molecule has 5 rings (SSSR count). The molecule has 3 aromatic rings. The average molecular weight is 426 g/mol. The number of fused-ring (bicyclic) bond motifs is 1. The maximum atomic E-state index is 9.81. The van der Waals surface area contributed by atoms with Gasteiger partial charge in [0.15, 0.2) is 17.8 Å². The lowest BCUT2D eigenvalue weighted by atomic mass is 10.1. The Balaban J connectivity index is 1.65. The van der Waals surface area contributed by atoms with Gasteiger partial charge in [0.05, 0.1) is 6.61 Å². The van der Waals surface area contributed by atoms with Crippen molar-refractivity contribution in [1.82, 2.24) is 14.3 Å². The Kier molecular flexibility index (Phi) is 4.83. The quantitative estimate of drug-likeness (QED) is 0.646. The van der Waals surface area contributed by atoms with Gasteiger partial charge in [-0.05, 0) is 38.2 Å². The number of hydrogen-bond acceptors (Lipinski definition) is 6. The Bertz CT molecular complexity index is 1100. The normalized spacial score (nSPS) is 27.3. The van der Waals surface area contributed by atoms with E-state index in [2.05, 4.69) is 0 Å². The molecule has 30 heavy (non-hydrogen) atoms. The van der Waals surface area contributed by atoms with Crippen molar-refractivity contribution in [1.29, 1.82) is 0 Å². The van der Waals surface area contributed by atoms with Gasteiger partial charge in [-0.3, -0.25) is 4.57 Å². The van der Waals surface area contributed by atoms with Gasteiger partial charge in [-0.1, -0.05) is 48.5 Å². The van der Waals surface area contributed by atoms with E-state index < -0.39 is 24.2 Å². The van der Waals surface area contributed by atoms with Crippen LogP contribution < -0.4 is 0 Å². The van der Waals surface area contributed by atoms with Crippen molar-refractivity contribution >= 4 is 12.2 Å². The monoisotopic (exact) mass is 425 g/mol. The van der Waals surface area contributed by atoms with E-state index in [1.165, 1.54) is 0 Å². The van der Waals surface area contributed by atoms with Gasteiger partial charge >= 0.3 is 0 Å². The third kappa shape index (κ3) is 3.21. The topological polar surface area (TPSA) is 70.7 Å². The van der Waals surface area contributed by atoms with Crippen LogP contribution in [0.4, 0.5) is 0 Å². The summed E-state index contributed by atoms with van der Waals surface area (Å²) in [6, 6.07) is 19.7. The molecule has 0 radical (unpaired) electrons. The van der Waals surface area contributed by atoms with E-state index in [1.54, 1.807) is 4.68 Å². The van der Waals surface area contributed by atoms with Crippen molar-refractivity contribution in [3.05, 3.63) is 65.4 Å². The molecule has 156 valence electrons. The largest absolute Gasteiger partial charge is 0.394 e. The summed E-state index contributed by atoms with van der Waals surface area (Å²) in [5.41, 5.74) is 1.84. The molecular formula is C22H23N3O4S. The first-order valence-corrected chi connectivity index (χ1v) is 10.3.